The number of methoxy groups -OCH3 is 1. The van der Waals surface area contributed by atoms with Gasteiger partial charge in [-0.2, -0.15) is 0 Å². The molecule has 0 aliphatic rings. The van der Waals surface area contributed by atoms with Crippen molar-refractivity contribution in [3.05, 3.63) is 87.4 Å². The smallest absolute Gasteiger partial charge is 0.238 e. The minimum Gasteiger partial charge on any atom is -0.493 e. The van der Waals surface area contributed by atoms with Crippen molar-refractivity contribution in [1.82, 2.24) is 5.32 Å². The van der Waals surface area contributed by atoms with Crippen molar-refractivity contribution < 1.29 is 17.9 Å². The van der Waals surface area contributed by atoms with Gasteiger partial charge in [0, 0.05) is 6.54 Å². The van der Waals surface area contributed by atoms with Gasteiger partial charge in [0.25, 0.3) is 0 Å². The maximum atomic E-state index is 11.3. The third-order valence-electron chi connectivity index (χ3n) is 5.09. The first-order chi connectivity index (χ1) is 15.3. The summed E-state index contributed by atoms with van der Waals surface area (Å²) in [4.78, 5) is 0.121. The molecule has 0 aromatic heterocycles. The fourth-order valence-corrected chi connectivity index (χ4v) is 4.37. The highest BCUT2D eigenvalue weighted by Crippen LogP contribution is 2.37. The molecule has 0 unspecified atom stereocenters. The van der Waals surface area contributed by atoms with Crippen molar-refractivity contribution in [2.45, 2.75) is 31.4 Å². The van der Waals surface area contributed by atoms with Crippen molar-refractivity contribution in [3.63, 3.8) is 0 Å². The molecule has 0 bridgehead atoms. The van der Waals surface area contributed by atoms with Crippen molar-refractivity contribution in [2.24, 2.45) is 5.14 Å². The van der Waals surface area contributed by atoms with Crippen LogP contribution in [0.15, 0.2) is 70.0 Å². The summed E-state index contributed by atoms with van der Waals surface area (Å²) < 4.78 is 35.1. The number of nitrogens with two attached hydrogens (primary N) is 1. The standard InChI is InChI=1S/C24H27BrN2O4S/c1-17-5-3-4-6-20(17)16-31-24-22(25)13-19(14-23(24)30-2)15-27-12-11-18-7-9-21(10-8-18)32(26,28)29/h3-10,13-14,27H,11-12,15-16H2,1-2H3,(H2,26,28,29). The molecule has 0 atom stereocenters. The average molecular weight is 519 g/mol. The lowest BCUT2D eigenvalue weighted by molar-refractivity contribution is 0.281. The van der Waals surface area contributed by atoms with E-state index < -0.39 is 10.0 Å². The van der Waals surface area contributed by atoms with Gasteiger partial charge >= 0.3 is 0 Å². The van der Waals surface area contributed by atoms with E-state index >= 15 is 0 Å². The van der Waals surface area contributed by atoms with Gasteiger partial charge in [0.15, 0.2) is 11.5 Å². The van der Waals surface area contributed by atoms with Gasteiger partial charge in [-0.1, -0.05) is 36.4 Å². The molecule has 0 aliphatic heterocycles. The molecule has 0 aliphatic carbocycles. The van der Waals surface area contributed by atoms with Crippen LogP contribution < -0.4 is 19.9 Å². The molecule has 170 valence electrons. The van der Waals surface area contributed by atoms with E-state index in [-0.39, 0.29) is 4.90 Å². The van der Waals surface area contributed by atoms with Gasteiger partial charge in [-0.3, -0.25) is 0 Å². The Kier molecular flexibility index (Phi) is 8.31. The van der Waals surface area contributed by atoms with Crippen LogP contribution in [0, 0.1) is 6.92 Å². The fraction of sp³-hybridized carbons (Fsp3) is 0.250. The molecule has 0 amide bonds. The summed E-state index contributed by atoms with van der Waals surface area (Å²) in [6, 6.07) is 18.7. The molecule has 3 aromatic carbocycles. The van der Waals surface area contributed by atoms with Crippen LogP contribution >= 0.6 is 15.9 Å². The van der Waals surface area contributed by atoms with E-state index in [1.807, 2.05) is 24.3 Å². The summed E-state index contributed by atoms with van der Waals surface area (Å²) in [6.45, 7) is 3.92. The van der Waals surface area contributed by atoms with Gasteiger partial charge in [0.2, 0.25) is 10.0 Å². The van der Waals surface area contributed by atoms with E-state index in [0.717, 1.165) is 34.1 Å². The molecule has 0 spiro atoms. The molecule has 3 aromatic rings. The SMILES string of the molecule is COc1cc(CNCCc2ccc(S(N)(=O)=O)cc2)cc(Br)c1OCc1ccccc1C. The number of nitrogens with one attached hydrogen (secondary N) is 1. The molecule has 0 fully saturated rings. The second-order valence-electron chi connectivity index (χ2n) is 7.44. The number of hydrogen-bond acceptors (Lipinski definition) is 5. The molecule has 3 rings (SSSR count). The van der Waals surface area contributed by atoms with Crippen molar-refractivity contribution in [2.75, 3.05) is 13.7 Å². The first-order valence-electron chi connectivity index (χ1n) is 10.1. The zero-order valence-corrected chi connectivity index (χ0v) is 20.5. The average Bonchev–Trinajstić information content (AvgIpc) is 2.76. The number of sulfonamides is 1. The molecule has 8 heteroatoms. The summed E-state index contributed by atoms with van der Waals surface area (Å²) in [6.07, 6.45) is 0.765. The number of ether oxygens (including phenoxy) is 2. The van der Waals surface area contributed by atoms with Gasteiger partial charge < -0.3 is 14.8 Å². The Morgan fingerprint density at radius 3 is 2.41 bits per heavy atom. The predicted molar refractivity (Wildman–Crippen MR) is 129 cm³/mol. The van der Waals surface area contributed by atoms with Crippen LogP contribution in [0.5, 0.6) is 11.5 Å². The van der Waals surface area contributed by atoms with E-state index in [2.05, 4.69) is 40.3 Å². The molecule has 0 saturated heterocycles. The van der Waals surface area contributed by atoms with Gasteiger partial charge in [0.1, 0.15) is 6.61 Å². The van der Waals surface area contributed by atoms with Crippen LogP contribution in [0.4, 0.5) is 0 Å². The third kappa shape index (κ3) is 6.56. The number of halogens is 1. The summed E-state index contributed by atoms with van der Waals surface area (Å²) in [5.74, 6) is 1.35. The lowest BCUT2D eigenvalue weighted by atomic mass is 10.1. The molecule has 0 heterocycles. The van der Waals surface area contributed by atoms with Gasteiger partial charge in [-0.15, -0.1) is 0 Å². The Labute approximate surface area is 197 Å². The summed E-state index contributed by atoms with van der Waals surface area (Å²) in [5.41, 5.74) is 4.40. The predicted octanol–water partition coefficient (Wildman–Crippen LogP) is 4.32. The maximum Gasteiger partial charge on any atom is 0.238 e. The van der Waals surface area contributed by atoms with Crippen molar-refractivity contribution in [1.29, 1.82) is 0 Å². The quantitative estimate of drug-likeness (QED) is 0.390. The maximum absolute atomic E-state index is 11.3. The normalized spacial score (nSPS) is 11.4. The van der Waals surface area contributed by atoms with E-state index in [9.17, 15) is 8.42 Å². The Bertz CT molecular complexity index is 1170. The molecular weight excluding hydrogens is 492 g/mol. The van der Waals surface area contributed by atoms with Gasteiger partial charge in [-0.05, 0) is 82.3 Å². The minimum absolute atomic E-state index is 0.121. The topological polar surface area (TPSA) is 90.6 Å². The number of hydrogen-bond donors (Lipinski definition) is 2. The zero-order valence-electron chi connectivity index (χ0n) is 18.1. The third-order valence-corrected chi connectivity index (χ3v) is 6.61. The van der Waals surface area contributed by atoms with Crippen molar-refractivity contribution in [3.8, 4) is 11.5 Å². The Balaban J connectivity index is 1.57. The highest BCUT2D eigenvalue weighted by Gasteiger charge is 2.13. The van der Waals surface area contributed by atoms with Crippen LogP contribution in [0.2, 0.25) is 0 Å². The Morgan fingerprint density at radius 1 is 1.03 bits per heavy atom. The van der Waals surface area contributed by atoms with Gasteiger partial charge in [-0.25, -0.2) is 13.6 Å². The Morgan fingerprint density at radius 2 is 1.75 bits per heavy atom. The molecule has 6 nitrogen and oxygen atoms in total. The Hall–Kier alpha value is -2.39. The highest BCUT2D eigenvalue weighted by molar-refractivity contribution is 9.10. The number of aryl methyl sites for hydroxylation is 1. The first kappa shape index (κ1) is 24.3. The monoisotopic (exact) mass is 518 g/mol. The van der Waals surface area contributed by atoms with E-state index in [1.54, 1.807) is 19.2 Å². The highest BCUT2D eigenvalue weighted by atomic mass is 79.9. The fourth-order valence-electron chi connectivity index (χ4n) is 3.25. The summed E-state index contributed by atoms with van der Waals surface area (Å²) in [5, 5.41) is 8.53. The number of benzene rings is 3. The number of rotatable bonds is 10. The van der Waals surface area contributed by atoms with Gasteiger partial charge in [0.05, 0.1) is 16.5 Å². The second-order valence-corrected chi connectivity index (χ2v) is 9.86. The molecular formula is C24H27BrN2O4S. The molecule has 3 N–H and O–H groups in total. The number of primary sulfonamides is 1. The second kappa shape index (κ2) is 11.0. The molecule has 32 heavy (non-hydrogen) atoms. The molecule has 0 saturated carbocycles. The van der Waals surface area contributed by atoms with E-state index in [0.29, 0.717) is 24.7 Å². The summed E-state index contributed by atoms with van der Waals surface area (Å²) in [7, 11) is -2.03. The largest absolute Gasteiger partial charge is 0.493 e. The lowest BCUT2D eigenvalue weighted by Gasteiger charge is -2.15. The van der Waals surface area contributed by atoms with Crippen LogP contribution in [0.1, 0.15) is 22.3 Å². The van der Waals surface area contributed by atoms with Crippen LogP contribution in [-0.2, 0) is 29.6 Å². The van der Waals surface area contributed by atoms with Crippen LogP contribution in [0.3, 0.4) is 0 Å². The first-order valence-corrected chi connectivity index (χ1v) is 12.5. The minimum atomic E-state index is -3.66. The van der Waals surface area contributed by atoms with E-state index in [4.69, 9.17) is 14.6 Å². The molecule has 0 radical (unpaired) electrons. The summed E-state index contributed by atoms with van der Waals surface area (Å²) >= 11 is 3.61. The van der Waals surface area contributed by atoms with Crippen molar-refractivity contribution >= 4 is 26.0 Å². The zero-order chi connectivity index (χ0) is 23.1. The lowest BCUT2D eigenvalue weighted by Crippen LogP contribution is -2.17. The van der Waals surface area contributed by atoms with Crippen LogP contribution in [0.25, 0.3) is 0 Å². The van der Waals surface area contributed by atoms with Crippen LogP contribution in [-0.4, -0.2) is 22.1 Å². The van der Waals surface area contributed by atoms with E-state index in [1.165, 1.54) is 17.7 Å².